The number of halogens is 2. The van der Waals surface area contributed by atoms with Crippen molar-refractivity contribution in [3.8, 4) is 0 Å². The van der Waals surface area contributed by atoms with Gasteiger partial charge in [-0.25, -0.2) is 4.39 Å². The molecule has 0 aliphatic rings. The summed E-state index contributed by atoms with van der Waals surface area (Å²) in [6, 6.07) is 10.6. The van der Waals surface area contributed by atoms with Crippen LogP contribution in [0.1, 0.15) is 15.9 Å². The molecule has 0 atom stereocenters. The molecule has 2 rings (SSSR count). The molecule has 17 heavy (non-hydrogen) atoms. The summed E-state index contributed by atoms with van der Waals surface area (Å²) in [5.41, 5.74) is 6.40. The van der Waals surface area contributed by atoms with Crippen LogP contribution in [0.25, 0.3) is 0 Å². The van der Waals surface area contributed by atoms with E-state index in [0.29, 0.717) is 11.3 Å². The van der Waals surface area contributed by atoms with Gasteiger partial charge >= 0.3 is 0 Å². The van der Waals surface area contributed by atoms with Crippen LogP contribution >= 0.6 is 11.6 Å². The summed E-state index contributed by atoms with van der Waals surface area (Å²) in [7, 11) is 0. The lowest BCUT2D eigenvalue weighted by Gasteiger charge is -2.04. The van der Waals surface area contributed by atoms with Crippen molar-refractivity contribution in [1.82, 2.24) is 0 Å². The molecule has 0 aliphatic carbocycles. The van der Waals surface area contributed by atoms with E-state index in [1.807, 2.05) is 0 Å². The van der Waals surface area contributed by atoms with E-state index in [4.69, 9.17) is 17.3 Å². The predicted octanol–water partition coefficient (Wildman–Crippen LogP) is 3.29. The molecule has 2 N–H and O–H groups in total. The Labute approximate surface area is 103 Å². The summed E-state index contributed by atoms with van der Waals surface area (Å²) < 4.78 is 13.6. The molecule has 0 aromatic heterocycles. The zero-order chi connectivity index (χ0) is 12.4. The highest BCUT2D eigenvalue weighted by atomic mass is 35.5. The lowest BCUT2D eigenvalue weighted by molar-refractivity contribution is 0.103. The highest BCUT2D eigenvalue weighted by Crippen LogP contribution is 2.21. The van der Waals surface area contributed by atoms with Crippen LogP contribution in [0, 0.1) is 5.82 Å². The normalized spacial score (nSPS) is 10.2. The van der Waals surface area contributed by atoms with Gasteiger partial charge in [-0.15, -0.1) is 0 Å². The zero-order valence-electron chi connectivity index (χ0n) is 8.78. The summed E-state index contributed by atoms with van der Waals surface area (Å²) in [6.07, 6.45) is 0. The maximum Gasteiger partial charge on any atom is 0.196 e. The van der Waals surface area contributed by atoms with Gasteiger partial charge < -0.3 is 5.73 Å². The Morgan fingerprint density at radius 2 is 1.76 bits per heavy atom. The van der Waals surface area contributed by atoms with E-state index in [-0.39, 0.29) is 10.6 Å². The van der Waals surface area contributed by atoms with E-state index >= 15 is 0 Å². The number of carbonyl (C=O) groups excluding carboxylic acids is 1. The first kappa shape index (κ1) is 11.6. The van der Waals surface area contributed by atoms with Gasteiger partial charge in [-0.1, -0.05) is 17.7 Å². The summed E-state index contributed by atoms with van der Waals surface area (Å²) in [5.74, 6) is -1.11. The average molecular weight is 250 g/mol. The molecule has 0 fully saturated rings. The molecule has 86 valence electrons. The van der Waals surface area contributed by atoms with Crippen molar-refractivity contribution in [2.75, 3.05) is 5.73 Å². The van der Waals surface area contributed by atoms with Gasteiger partial charge in [-0.2, -0.15) is 0 Å². The third kappa shape index (κ3) is 2.29. The van der Waals surface area contributed by atoms with Crippen molar-refractivity contribution in [3.63, 3.8) is 0 Å². The second-order valence-electron chi connectivity index (χ2n) is 3.55. The van der Waals surface area contributed by atoms with Crippen molar-refractivity contribution < 1.29 is 9.18 Å². The first-order chi connectivity index (χ1) is 8.09. The number of ketones is 1. The molecule has 0 saturated carbocycles. The Morgan fingerprint density at radius 1 is 1.12 bits per heavy atom. The monoisotopic (exact) mass is 249 g/mol. The Hall–Kier alpha value is -1.87. The molecular formula is C13H9ClFNO. The van der Waals surface area contributed by atoms with Crippen LogP contribution in [0.4, 0.5) is 10.1 Å². The standard InChI is InChI=1S/C13H9ClFNO/c14-11-3-1-2-10(12(11)15)13(17)8-4-6-9(16)7-5-8/h1-7H,16H2. The number of hydrogen-bond donors (Lipinski definition) is 1. The molecule has 0 heterocycles. The predicted molar refractivity (Wildman–Crippen MR) is 65.7 cm³/mol. The summed E-state index contributed by atoms with van der Waals surface area (Å²) in [6.45, 7) is 0. The first-order valence-electron chi connectivity index (χ1n) is 4.94. The molecule has 0 amide bonds. The van der Waals surface area contributed by atoms with Crippen LogP contribution in [-0.2, 0) is 0 Å². The molecule has 0 unspecified atom stereocenters. The van der Waals surface area contributed by atoms with Gasteiger partial charge in [0.1, 0.15) is 0 Å². The van der Waals surface area contributed by atoms with Gasteiger partial charge in [0.15, 0.2) is 11.6 Å². The van der Waals surface area contributed by atoms with E-state index < -0.39 is 11.6 Å². The van der Waals surface area contributed by atoms with Crippen molar-refractivity contribution in [2.45, 2.75) is 0 Å². The molecule has 0 radical (unpaired) electrons. The first-order valence-corrected chi connectivity index (χ1v) is 5.31. The van der Waals surface area contributed by atoms with Gasteiger partial charge in [-0.3, -0.25) is 4.79 Å². The van der Waals surface area contributed by atoms with Gasteiger partial charge in [0, 0.05) is 11.3 Å². The number of benzene rings is 2. The molecule has 2 nitrogen and oxygen atoms in total. The fraction of sp³-hybridized carbons (Fsp3) is 0. The topological polar surface area (TPSA) is 43.1 Å². The number of nitrogens with two attached hydrogens (primary N) is 1. The fourth-order valence-corrected chi connectivity index (χ4v) is 1.64. The summed E-state index contributed by atoms with van der Waals surface area (Å²) in [4.78, 5) is 12.0. The van der Waals surface area contributed by atoms with Crippen LogP contribution in [0.15, 0.2) is 42.5 Å². The van der Waals surface area contributed by atoms with E-state index in [1.54, 1.807) is 24.3 Å². The average Bonchev–Trinajstić information content (AvgIpc) is 2.33. The van der Waals surface area contributed by atoms with Crippen LogP contribution in [-0.4, -0.2) is 5.78 Å². The SMILES string of the molecule is Nc1ccc(C(=O)c2cccc(Cl)c2F)cc1. The largest absolute Gasteiger partial charge is 0.399 e. The van der Waals surface area contributed by atoms with Crippen molar-refractivity contribution in [3.05, 3.63) is 64.4 Å². The van der Waals surface area contributed by atoms with E-state index in [2.05, 4.69) is 0 Å². The molecule has 4 heteroatoms. The van der Waals surface area contributed by atoms with E-state index in [1.165, 1.54) is 18.2 Å². The van der Waals surface area contributed by atoms with Crippen LogP contribution in [0.3, 0.4) is 0 Å². The Morgan fingerprint density at radius 3 is 2.41 bits per heavy atom. The van der Waals surface area contributed by atoms with Crippen LogP contribution in [0.2, 0.25) is 5.02 Å². The molecule has 2 aromatic rings. The van der Waals surface area contributed by atoms with Gasteiger partial charge in [0.2, 0.25) is 0 Å². The second kappa shape index (κ2) is 4.55. The smallest absolute Gasteiger partial charge is 0.196 e. The molecule has 0 spiro atoms. The van der Waals surface area contributed by atoms with Crippen LogP contribution < -0.4 is 5.73 Å². The minimum Gasteiger partial charge on any atom is -0.399 e. The summed E-state index contributed by atoms with van der Waals surface area (Å²) in [5, 5.41) is -0.0636. The molecule has 2 aromatic carbocycles. The molecule has 0 saturated heterocycles. The quantitative estimate of drug-likeness (QED) is 0.656. The van der Waals surface area contributed by atoms with Gasteiger partial charge in [-0.05, 0) is 36.4 Å². The lowest BCUT2D eigenvalue weighted by atomic mass is 10.0. The number of anilines is 1. The maximum atomic E-state index is 13.6. The minimum atomic E-state index is -0.698. The van der Waals surface area contributed by atoms with E-state index in [9.17, 15) is 9.18 Å². The van der Waals surface area contributed by atoms with Crippen molar-refractivity contribution in [2.24, 2.45) is 0 Å². The highest BCUT2D eigenvalue weighted by Gasteiger charge is 2.15. The lowest BCUT2D eigenvalue weighted by Crippen LogP contribution is -2.04. The molecule has 0 bridgehead atoms. The molecular weight excluding hydrogens is 241 g/mol. The summed E-state index contributed by atoms with van der Waals surface area (Å²) >= 11 is 5.62. The third-order valence-corrected chi connectivity index (χ3v) is 2.66. The Balaban J connectivity index is 2.44. The number of nitrogen functional groups attached to an aromatic ring is 1. The Bertz CT molecular complexity index is 566. The number of carbonyl (C=O) groups is 1. The van der Waals surface area contributed by atoms with Gasteiger partial charge in [0.25, 0.3) is 0 Å². The molecule has 0 aliphatic heterocycles. The second-order valence-corrected chi connectivity index (χ2v) is 3.96. The van der Waals surface area contributed by atoms with Crippen molar-refractivity contribution >= 4 is 23.1 Å². The van der Waals surface area contributed by atoms with Gasteiger partial charge in [0.05, 0.1) is 10.6 Å². The van der Waals surface area contributed by atoms with E-state index in [0.717, 1.165) is 0 Å². The number of hydrogen-bond acceptors (Lipinski definition) is 2. The fourth-order valence-electron chi connectivity index (χ4n) is 1.47. The highest BCUT2D eigenvalue weighted by molar-refractivity contribution is 6.31. The van der Waals surface area contributed by atoms with Crippen LogP contribution in [0.5, 0.6) is 0 Å². The minimum absolute atomic E-state index is 0.0396. The maximum absolute atomic E-state index is 13.6. The zero-order valence-corrected chi connectivity index (χ0v) is 9.54. The Kier molecular flexibility index (Phi) is 3.11. The third-order valence-electron chi connectivity index (χ3n) is 2.37. The van der Waals surface area contributed by atoms with Crippen molar-refractivity contribution in [1.29, 1.82) is 0 Å². The number of rotatable bonds is 2.